The summed E-state index contributed by atoms with van der Waals surface area (Å²) in [5.74, 6) is 0.727. The maximum atomic E-state index is 11.8. The Morgan fingerprint density at radius 3 is 3.16 bits per heavy atom. The first-order valence-corrected chi connectivity index (χ1v) is 6.20. The van der Waals surface area contributed by atoms with Gasteiger partial charge in [-0.05, 0) is 19.0 Å². The number of hydrogen-bond acceptors (Lipinski definition) is 5. The summed E-state index contributed by atoms with van der Waals surface area (Å²) in [5.41, 5.74) is 0.828. The summed E-state index contributed by atoms with van der Waals surface area (Å²) in [4.78, 5) is 16.2. The fourth-order valence-corrected chi connectivity index (χ4v) is 2.51. The van der Waals surface area contributed by atoms with Crippen molar-refractivity contribution >= 4 is 11.5 Å². The number of imidazole rings is 1. The van der Waals surface area contributed by atoms with Crippen molar-refractivity contribution in [1.29, 1.82) is 0 Å². The first kappa shape index (κ1) is 12.0. The lowest BCUT2D eigenvalue weighted by Gasteiger charge is -2.06. The van der Waals surface area contributed by atoms with Gasteiger partial charge in [0, 0.05) is 24.7 Å². The molecule has 2 N–H and O–H groups in total. The Hall–Kier alpha value is -2.08. The first-order valence-electron chi connectivity index (χ1n) is 6.20. The van der Waals surface area contributed by atoms with Crippen LogP contribution in [0.4, 0.5) is 0 Å². The van der Waals surface area contributed by atoms with Gasteiger partial charge in [-0.15, -0.1) is 0 Å². The minimum absolute atomic E-state index is 0.105. The molecule has 19 heavy (non-hydrogen) atoms. The number of carbonyl (C=O) groups is 1. The third-order valence-corrected chi connectivity index (χ3v) is 3.46. The number of rotatable bonds is 2. The molecule has 1 unspecified atom stereocenters. The van der Waals surface area contributed by atoms with Crippen molar-refractivity contribution in [2.45, 2.75) is 12.3 Å². The quantitative estimate of drug-likeness (QED) is 0.786. The van der Waals surface area contributed by atoms with E-state index in [-0.39, 0.29) is 17.4 Å². The molecule has 1 fully saturated rings. The summed E-state index contributed by atoms with van der Waals surface area (Å²) in [7, 11) is 1.33. The highest BCUT2D eigenvalue weighted by Gasteiger charge is 2.25. The summed E-state index contributed by atoms with van der Waals surface area (Å²) in [6.45, 7) is 1.80. The molecule has 0 amide bonds. The molecule has 2 aromatic rings. The van der Waals surface area contributed by atoms with Crippen LogP contribution in [-0.4, -0.2) is 40.7 Å². The van der Waals surface area contributed by atoms with E-state index in [9.17, 15) is 9.90 Å². The van der Waals surface area contributed by atoms with Crippen LogP contribution >= 0.6 is 0 Å². The minimum atomic E-state index is -0.486. The normalized spacial score (nSPS) is 18.9. The highest BCUT2D eigenvalue weighted by Crippen LogP contribution is 2.26. The predicted molar refractivity (Wildman–Crippen MR) is 68.4 cm³/mol. The molecule has 1 saturated heterocycles. The fourth-order valence-electron chi connectivity index (χ4n) is 2.51. The van der Waals surface area contributed by atoms with Crippen molar-refractivity contribution in [3.05, 3.63) is 29.8 Å². The third-order valence-electron chi connectivity index (χ3n) is 3.46. The van der Waals surface area contributed by atoms with Crippen LogP contribution < -0.4 is 5.32 Å². The molecular formula is C13H15N3O3. The highest BCUT2D eigenvalue weighted by atomic mass is 16.5. The van der Waals surface area contributed by atoms with Crippen molar-refractivity contribution in [3.8, 4) is 5.75 Å². The Bertz CT molecular complexity index is 629. The van der Waals surface area contributed by atoms with E-state index in [1.807, 2.05) is 4.40 Å². The topological polar surface area (TPSA) is 75.9 Å². The second-order valence-corrected chi connectivity index (χ2v) is 4.64. The van der Waals surface area contributed by atoms with Crippen LogP contribution in [0, 0.1) is 0 Å². The van der Waals surface area contributed by atoms with E-state index in [2.05, 4.69) is 10.3 Å². The molecular weight excluding hydrogens is 246 g/mol. The molecule has 2 aromatic heterocycles. The lowest BCUT2D eigenvalue weighted by molar-refractivity contribution is 0.0597. The summed E-state index contributed by atoms with van der Waals surface area (Å²) in [6.07, 6.45) is 2.72. The van der Waals surface area contributed by atoms with Crippen LogP contribution in [0.1, 0.15) is 28.7 Å². The molecule has 0 bridgehead atoms. The van der Waals surface area contributed by atoms with Gasteiger partial charge in [0.25, 0.3) is 0 Å². The molecule has 1 aliphatic heterocycles. The van der Waals surface area contributed by atoms with Gasteiger partial charge in [-0.25, -0.2) is 9.78 Å². The SMILES string of the molecule is COC(=O)c1nc(C2CCNC2)n2ccc(O)cc12. The molecule has 3 rings (SSSR count). The summed E-state index contributed by atoms with van der Waals surface area (Å²) < 4.78 is 6.60. The lowest BCUT2D eigenvalue weighted by atomic mass is 10.1. The Morgan fingerprint density at radius 2 is 2.47 bits per heavy atom. The van der Waals surface area contributed by atoms with E-state index in [0.717, 1.165) is 25.3 Å². The van der Waals surface area contributed by atoms with Crippen LogP contribution in [0.2, 0.25) is 0 Å². The molecule has 1 atom stereocenters. The molecule has 1 aliphatic rings. The number of methoxy groups -OCH3 is 1. The van der Waals surface area contributed by atoms with Gasteiger partial charge in [-0.1, -0.05) is 0 Å². The van der Waals surface area contributed by atoms with Crippen molar-refractivity contribution in [3.63, 3.8) is 0 Å². The van der Waals surface area contributed by atoms with Gasteiger partial charge >= 0.3 is 5.97 Å². The number of fused-ring (bicyclic) bond motifs is 1. The average Bonchev–Trinajstić information content (AvgIpc) is 3.03. The van der Waals surface area contributed by atoms with E-state index < -0.39 is 5.97 Å². The van der Waals surface area contributed by atoms with Crippen LogP contribution in [0.15, 0.2) is 18.3 Å². The monoisotopic (exact) mass is 261 g/mol. The van der Waals surface area contributed by atoms with Crippen LogP contribution in [-0.2, 0) is 4.74 Å². The number of ether oxygens (including phenoxy) is 1. The average molecular weight is 261 g/mol. The van der Waals surface area contributed by atoms with E-state index in [0.29, 0.717) is 5.52 Å². The molecule has 0 aliphatic carbocycles. The Morgan fingerprint density at radius 1 is 1.63 bits per heavy atom. The second kappa shape index (κ2) is 4.55. The molecule has 100 valence electrons. The number of pyridine rings is 1. The summed E-state index contributed by atoms with van der Waals surface area (Å²) in [5, 5.41) is 12.9. The van der Waals surface area contributed by atoms with Gasteiger partial charge in [0.1, 0.15) is 11.6 Å². The van der Waals surface area contributed by atoms with Crippen molar-refractivity contribution in [1.82, 2.24) is 14.7 Å². The predicted octanol–water partition coefficient (Wildman–Crippen LogP) is 0.903. The van der Waals surface area contributed by atoms with E-state index >= 15 is 0 Å². The van der Waals surface area contributed by atoms with Crippen molar-refractivity contribution < 1.29 is 14.6 Å². The zero-order chi connectivity index (χ0) is 13.4. The maximum absolute atomic E-state index is 11.8. The van der Waals surface area contributed by atoms with Crippen LogP contribution in [0.3, 0.4) is 0 Å². The second-order valence-electron chi connectivity index (χ2n) is 4.64. The number of aromatic hydroxyl groups is 1. The van der Waals surface area contributed by atoms with Crippen molar-refractivity contribution in [2.75, 3.05) is 20.2 Å². The van der Waals surface area contributed by atoms with Gasteiger partial charge in [0.05, 0.1) is 12.6 Å². The molecule has 0 aromatic carbocycles. The zero-order valence-electron chi connectivity index (χ0n) is 10.6. The Kier molecular flexibility index (Phi) is 2.87. The van der Waals surface area contributed by atoms with Gasteiger partial charge in [0.2, 0.25) is 0 Å². The Balaban J connectivity index is 2.19. The van der Waals surface area contributed by atoms with Crippen LogP contribution in [0.5, 0.6) is 5.75 Å². The fraction of sp³-hybridized carbons (Fsp3) is 0.385. The van der Waals surface area contributed by atoms with Crippen LogP contribution in [0.25, 0.3) is 5.52 Å². The number of hydrogen-bond donors (Lipinski definition) is 2. The third kappa shape index (κ3) is 1.94. The molecule has 0 radical (unpaired) electrons. The molecule has 0 spiro atoms. The van der Waals surface area contributed by atoms with Crippen molar-refractivity contribution in [2.24, 2.45) is 0 Å². The largest absolute Gasteiger partial charge is 0.508 e. The molecule has 6 nitrogen and oxygen atoms in total. The number of aromatic nitrogens is 2. The van der Waals surface area contributed by atoms with Gasteiger partial charge in [-0.2, -0.15) is 0 Å². The summed E-state index contributed by atoms with van der Waals surface area (Å²) >= 11 is 0. The summed E-state index contributed by atoms with van der Waals surface area (Å²) in [6, 6.07) is 3.12. The minimum Gasteiger partial charge on any atom is -0.508 e. The Labute approximate surface area is 110 Å². The number of esters is 1. The maximum Gasteiger partial charge on any atom is 0.358 e. The lowest BCUT2D eigenvalue weighted by Crippen LogP contribution is -2.10. The standard InChI is InChI=1S/C13H15N3O3/c1-19-13(18)11-10-6-9(17)3-5-16(10)12(15-11)8-2-4-14-7-8/h3,5-6,8,14,17H,2,4,7H2,1H3. The molecule has 6 heteroatoms. The highest BCUT2D eigenvalue weighted by molar-refractivity contribution is 5.95. The zero-order valence-corrected chi connectivity index (χ0v) is 10.6. The number of nitrogens with zero attached hydrogens (tertiary/aromatic N) is 2. The van der Waals surface area contributed by atoms with E-state index in [1.165, 1.54) is 13.2 Å². The molecule has 3 heterocycles. The first-order chi connectivity index (χ1) is 9.20. The smallest absolute Gasteiger partial charge is 0.358 e. The van der Waals surface area contributed by atoms with Gasteiger partial charge < -0.3 is 19.6 Å². The number of carbonyl (C=O) groups excluding carboxylic acids is 1. The molecule has 0 saturated carbocycles. The van der Waals surface area contributed by atoms with E-state index in [4.69, 9.17) is 4.74 Å². The number of nitrogens with one attached hydrogen (secondary N) is 1. The van der Waals surface area contributed by atoms with E-state index in [1.54, 1.807) is 12.3 Å². The van der Waals surface area contributed by atoms with Gasteiger partial charge in [-0.3, -0.25) is 0 Å². The van der Waals surface area contributed by atoms with Gasteiger partial charge in [0.15, 0.2) is 5.69 Å².